The lowest BCUT2D eigenvalue weighted by atomic mass is 9.99. The second-order valence-corrected chi connectivity index (χ2v) is 8.64. The molecule has 1 saturated heterocycles. The summed E-state index contributed by atoms with van der Waals surface area (Å²) in [6.07, 6.45) is 6.13. The van der Waals surface area contributed by atoms with E-state index in [1.54, 1.807) is 0 Å². The molecule has 168 valence electrons. The lowest BCUT2D eigenvalue weighted by Gasteiger charge is -2.16. The van der Waals surface area contributed by atoms with Gasteiger partial charge in [0.1, 0.15) is 5.82 Å². The van der Waals surface area contributed by atoms with Gasteiger partial charge >= 0.3 is 0 Å². The van der Waals surface area contributed by atoms with Crippen LogP contribution >= 0.6 is 0 Å². The third kappa shape index (κ3) is 4.83. The summed E-state index contributed by atoms with van der Waals surface area (Å²) >= 11 is 0. The number of carbonyl (C=O) groups is 1. The maximum atomic E-state index is 12.9. The number of nitrogens with one attached hydrogen (secondary N) is 1. The molecule has 7 heteroatoms. The van der Waals surface area contributed by atoms with E-state index in [2.05, 4.69) is 52.3 Å². The predicted octanol–water partition coefficient (Wildman–Crippen LogP) is 3.24. The Morgan fingerprint density at radius 3 is 2.50 bits per heavy atom. The van der Waals surface area contributed by atoms with E-state index < -0.39 is 0 Å². The molecule has 0 saturated carbocycles. The van der Waals surface area contributed by atoms with Crippen molar-refractivity contribution in [2.24, 2.45) is 5.73 Å². The Labute approximate surface area is 189 Å². The van der Waals surface area contributed by atoms with E-state index in [1.807, 2.05) is 30.1 Å². The van der Waals surface area contributed by atoms with Crippen molar-refractivity contribution >= 4 is 11.7 Å². The zero-order valence-electron chi connectivity index (χ0n) is 19.2. The normalized spacial score (nSPS) is 13.6. The number of pyridine rings is 1. The summed E-state index contributed by atoms with van der Waals surface area (Å²) in [5.74, 6) is 0.913. The lowest BCUT2D eigenvalue weighted by Crippen LogP contribution is -2.24. The van der Waals surface area contributed by atoms with Gasteiger partial charge in [0.25, 0.3) is 5.91 Å². The van der Waals surface area contributed by atoms with Crippen LogP contribution < -0.4 is 16.0 Å². The summed E-state index contributed by atoms with van der Waals surface area (Å²) in [5, 5.41) is 7.63. The highest BCUT2D eigenvalue weighted by molar-refractivity contribution is 5.95. The molecule has 3 heterocycles. The van der Waals surface area contributed by atoms with E-state index in [4.69, 9.17) is 5.73 Å². The van der Waals surface area contributed by atoms with Crippen LogP contribution in [-0.2, 0) is 19.6 Å². The number of amides is 1. The van der Waals surface area contributed by atoms with Crippen molar-refractivity contribution in [2.45, 2.75) is 53.2 Å². The minimum absolute atomic E-state index is 0.108. The van der Waals surface area contributed by atoms with Crippen LogP contribution in [0, 0.1) is 20.8 Å². The van der Waals surface area contributed by atoms with Crippen LogP contribution in [0.3, 0.4) is 0 Å². The molecular weight excluding hydrogens is 400 g/mol. The fraction of sp³-hybridized carbons (Fsp3) is 0.400. The maximum absolute atomic E-state index is 12.9. The first-order chi connectivity index (χ1) is 15.4. The molecule has 1 fully saturated rings. The number of hydrogen-bond acceptors (Lipinski definition) is 5. The summed E-state index contributed by atoms with van der Waals surface area (Å²) in [5.41, 5.74) is 12.7. The quantitative estimate of drug-likeness (QED) is 0.598. The fourth-order valence-electron chi connectivity index (χ4n) is 4.43. The van der Waals surface area contributed by atoms with Gasteiger partial charge in [-0.15, -0.1) is 0 Å². The zero-order chi connectivity index (χ0) is 22.7. The first-order valence-electron chi connectivity index (χ1n) is 11.3. The number of benzene rings is 1. The zero-order valence-corrected chi connectivity index (χ0v) is 19.2. The van der Waals surface area contributed by atoms with Gasteiger partial charge in [0.15, 0.2) is 0 Å². The minimum atomic E-state index is -0.108. The van der Waals surface area contributed by atoms with Gasteiger partial charge in [-0.1, -0.05) is 12.1 Å². The van der Waals surface area contributed by atoms with Crippen LogP contribution in [0.25, 0.3) is 0 Å². The van der Waals surface area contributed by atoms with Gasteiger partial charge in [-0.3, -0.25) is 9.48 Å². The maximum Gasteiger partial charge on any atom is 0.255 e. The standard InChI is InChI=1S/C25H32N6O/c1-17-10-21(13-26)11-18(2)22(17)14-28-25(32)23-16-31(29-19(23)3)15-20-6-7-27-24(12-20)30-8-4-5-9-30/h6-7,10-12,16H,4-5,8-9,13-15,26H2,1-3H3,(H,28,32). The van der Waals surface area contributed by atoms with Crippen molar-refractivity contribution in [3.63, 3.8) is 0 Å². The lowest BCUT2D eigenvalue weighted by molar-refractivity contribution is 0.0950. The van der Waals surface area contributed by atoms with E-state index in [9.17, 15) is 4.79 Å². The van der Waals surface area contributed by atoms with Crippen molar-refractivity contribution in [3.05, 3.63) is 75.7 Å². The molecular formula is C25H32N6O. The van der Waals surface area contributed by atoms with Gasteiger partial charge in [0.2, 0.25) is 0 Å². The molecule has 0 radical (unpaired) electrons. The molecule has 1 aliphatic heterocycles. The van der Waals surface area contributed by atoms with Crippen molar-refractivity contribution in [1.29, 1.82) is 0 Å². The first kappa shape index (κ1) is 22.0. The Bertz CT molecular complexity index is 1090. The molecule has 1 aromatic carbocycles. The van der Waals surface area contributed by atoms with Gasteiger partial charge in [-0.2, -0.15) is 5.10 Å². The topological polar surface area (TPSA) is 89.1 Å². The van der Waals surface area contributed by atoms with Gasteiger partial charge < -0.3 is 16.0 Å². The molecule has 2 aromatic heterocycles. The molecule has 0 unspecified atom stereocenters. The van der Waals surface area contributed by atoms with Crippen LogP contribution in [0.2, 0.25) is 0 Å². The van der Waals surface area contributed by atoms with Crippen LogP contribution in [0.1, 0.15) is 56.7 Å². The van der Waals surface area contributed by atoms with Crippen molar-refractivity contribution in [2.75, 3.05) is 18.0 Å². The molecule has 32 heavy (non-hydrogen) atoms. The van der Waals surface area contributed by atoms with Crippen LogP contribution in [0.5, 0.6) is 0 Å². The smallest absolute Gasteiger partial charge is 0.255 e. The number of nitrogens with two attached hydrogens (primary N) is 1. The Morgan fingerprint density at radius 2 is 1.81 bits per heavy atom. The number of rotatable bonds is 7. The third-order valence-corrected chi connectivity index (χ3v) is 6.19. The monoisotopic (exact) mass is 432 g/mol. The molecule has 4 rings (SSSR count). The molecule has 0 atom stereocenters. The summed E-state index contributed by atoms with van der Waals surface area (Å²) in [6.45, 7) is 9.73. The summed E-state index contributed by atoms with van der Waals surface area (Å²) in [4.78, 5) is 19.7. The van der Waals surface area contributed by atoms with E-state index in [1.165, 1.54) is 12.8 Å². The largest absolute Gasteiger partial charge is 0.357 e. The number of anilines is 1. The number of aromatic nitrogens is 3. The summed E-state index contributed by atoms with van der Waals surface area (Å²) in [7, 11) is 0. The van der Waals surface area contributed by atoms with Crippen molar-refractivity contribution in [3.8, 4) is 0 Å². The highest BCUT2D eigenvalue weighted by Crippen LogP contribution is 2.20. The molecule has 1 amide bonds. The molecule has 1 aliphatic rings. The Hall–Kier alpha value is -3.19. The van der Waals surface area contributed by atoms with Gasteiger partial charge in [-0.05, 0) is 73.6 Å². The first-order valence-corrected chi connectivity index (χ1v) is 11.3. The second-order valence-electron chi connectivity index (χ2n) is 8.64. The summed E-state index contributed by atoms with van der Waals surface area (Å²) in [6, 6.07) is 8.30. The summed E-state index contributed by atoms with van der Waals surface area (Å²) < 4.78 is 1.83. The van der Waals surface area contributed by atoms with Crippen molar-refractivity contribution < 1.29 is 4.79 Å². The second kappa shape index (κ2) is 9.53. The molecule has 0 spiro atoms. The number of aryl methyl sites for hydroxylation is 3. The molecule has 0 aliphatic carbocycles. The molecule has 3 aromatic rings. The highest BCUT2D eigenvalue weighted by Gasteiger charge is 2.16. The van der Waals surface area contributed by atoms with Gasteiger partial charge in [0.05, 0.1) is 17.8 Å². The Morgan fingerprint density at radius 1 is 1.09 bits per heavy atom. The average molecular weight is 433 g/mol. The minimum Gasteiger partial charge on any atom is -0.357 e. The van der Waals surface area contributed by atoms with Crippen LogP contribution in [-0.4, -0.2) is 33.8 Å². The van der Waals surface area contributed by atoms with Crippen molar-refractivity contribution in [1.82, 2.24) is 20.1 Å². The van der Waals surface area contributed by atoms with E-state index in [-0.39, 0.29) is 5.91 Å². The highest BCUT2D eigenvalue weighted by atomic mass is 16.1. The van der Waals surface area contributed by atoms with Crippen LogP contribution in [0.15, 0.2) is 36.7 Å². The number of carbonyl (C=O) groups excluding carboxylic acids is 1. The van der Waals surface area contributed by atoms with E-state index >= 15 is 0 Å². The van der Waals surface area contributed by atoms with Gasteiger partial charge in [0, 0.05) is 38.6 Å². The third-order valence-electron chi connectivity index (χ3n) is 6.19. The number of hydrogen-bond donors (Lipinski definition) is 2. The average Bonchev–Trinajstić information content (AvgIpc) is 3.43. The van der Waals surface area contributed by atoms with E-state index in [0.29, 0.717) is 25.2 Å². The van der Waals surface area contributed by atoms with E-state index in [0.717, 1.165) is 52.4 Å². The Balaban J connectivity index is 1.43. The fourth-order valence-corrected chi connectivity index (χ4v) is 4.43. The van der Waals surface area contributed by atoms with Crippen LogP contribution in [0.4, 0.5) is 5.82 Å². The SMILES string of the molecule is Cc1cc(CN)cc(C)c1CNC(=O)c1cn(Cc2ccnc(N3CCCC3)c2)nc1C. The molecule has 3 N–H and O–H groups in total. The molecule has 0 bridgehead atoms. The number of nitrogens with zero attached hydrogens (tertiary/aromatic N) is 4. The van der Waals surface area contributed by atoms with Gasteiger partial charge in [-0.25, -0.2) is 4.98 Å². The Kier molecular flexibility index (Phi) is 6.55. The predicted molar refractivity (Wildman–Crippen MR) is 127 cm³/mol. The molecule has 7 nitrogen and oxygen atoms in total.